The molecule has 1 heterocycles. The minimum atomic E-state index is -4.87. The molecule has 0 atom stereocenters. The zero-order valence-corrected chi connectivity index (χ0v) is 7.51. The Morgan fingerprint density at radius 2 is 1.93 bits per heavy atom. The van der Waals surface area contributed by atoms with Crippen LogP contribution >= 0.6 is 0 Å². The highest BCUT2D eigenvalue weighted by Gasteiger charge is 2.17. The molecule has 0 aliphatic carbocycles. The SMILES string of the molecule is O=S(=O)(F)c1cc2cc(F)ccc2o1. The van der Waals surface area contributed by atoms with Crippen LogP contribution < -0.4 is 0 Å². The van der Waals surface area contributed by atoms with Gasteiger partial charge in [0.1, 0.15) is 11.4 Å². The summed E-state index contributed by atoms with van der Waals surface area (Å²) in [6.45, 7) is 0. The van der Waals surface area contributed by atoms with E-state index in [1.165, 1.54) is 6.07 Å². The van der Waals surface area contributed by atoms with E-state index in [0.29, 0.717) is 0 Å². The van der Waals surface area contributed by atoms with Crippen molar-refractivity contribution in [3.8, 4) is 0 Å². The van der Waals surface area contributed by atoms with Gasteiger partial charge in [0.05, 0.1) is 0 Å². The standard InChI is InChI=1S/C8H4F2O3S/c9-6-1-2-7-5(3-6)4-8(13-7)14(10,11)12/h1-4H. The number of hydrogen-bond donors (Lipinski definition) is 0. The van der Waals surface area contributed by atoms with Crippen LogP contribution in [0.1, 0.15) is 0 Å². The first-order chi connectivity index (χ1) is 6.47. The third-order valence-corrected chi connectivity index (χ3v) is 2.38. The molecule has 74 valence electrons. The van der Waals surface area contributed by atoms with Crippen LogP contribution in [0.4, 0.5) is 8.28 Å². The average Bonchev–Trinajstić information content (AvgIpc) is 2.45. The molecule has 0 spiro atoms. The first kappa shape index (κ1) is 9.14. The second-order valence-electron chi connectivity index (χ2n) is 2.69. The first-order valence-electron chi connectivity index (χ1n) is 3.60. The highest BCUT2D eigenvalue weighted by atomic mass is 32.3. The van der Waals surface area contributed by atoms with Crippen molar-refractivity contribution in [3.05, 3.63) is 30.1 Å². The summed E-state index contributed by atoms with van der Waals surface area (Å²) in [6.07, 6.45) is 0. The maximum Gasteiger partial charge on any atom is 0.365 e. The zero-order chi connectivity index (χ0) is 10.3. The highest BCUT2D eigenvalue weighted by Crippen LogP contribution is 2.24. The van der Waals surface area contributed by atoms with Crippen molar-refractivity contribution in [1.82, 2.24) is 0 Å². The van der Waals surface area contributed by atoms with Crippen LogP contribution in [0, 0.1) is 5.82 Å². The van der Waals surface area contributed by atoms with E-state index >= 15 is 0 Å². The molecule has 2 aromatic rings. The number of halogens is 2. The lowest BCUT2D eigenvalue weighted by Crippen LogP contribution is -1.86. The fraction of sp³-hybridized carbons (Fsp3) is 0. The van der Waals surface area contributed by atoms with Crippen molar-refractivity contribution in [2.45, 2.75) is 5.09 Å². The summed E-state index contributed by atoms with van der Waals surface area (Å²) in [7, 11) is -4.87. The van der Waals surface area contributed by atoms with Crippen LogP contribution in [-0.2, 0) is 10.2 Å². The molecule has 0 amide bonds. The summed E-state index contributed by atoms with van der Waals surface area (Å²) >= 11 is 0. The molecule has 0 saturated carbocycles. The Hall–Kier alpha value is -1.43. The third kappa shape index (κ3) is 1.48. The Morgan fingerprint density at radius 3 is 2.57 bits per heavy atom. The molecule has 0 radical (unpaired) electrons. The zero-order valence-electron chi connectivity index (χ0n) is 6.70. The summed E-state index contributed by atoms with van der Waals surface area (Å²) in [5.74, 6) is -0.541. The molecule has 0 fully saturated rings. The van der Waals surface area contributed by atoms with Crippen molar-refractivity contribution in [2.24, 2.45) is 0 Å². The van der Waals surface area contributed by atoms with Crippen molar-refractivity contribution in [2.75, 3.05) is 0 Å². The van der Waals surface area contributed by atoms with Gasteiger partial charge in [0.25, 0.3) is 5.09 Å². The molecule has 6 heteroatoms. The van der Waals surface area contributed by atoms with Crippen molar-refractivity contribution in [3.63, 3.8) is 0 Å². The van der Waals surface area contributed by atoms with Gasteiger partial charge >= 0.3 is 10.2 Å². The average molecular weight is 218 g/mol. The second-order valence-corrected chi connectivity index (χ2v) is 3.96. The van der Waals surface area contributed by atoms with Crippen LogP contribution in [-0.4, -0.2) is 8.42 Å². The molecule has 3 nitrogen and oxygen atoms in total. The largest absolute Gasteiger partial charge is 0.442 e. The molecule has 0 aliphatic rings. The van der Waals surface area contributed by atoms with E-state index in [9.17, 15) is 16.7 Å². The van der Waals surface area contributed by atoms with Gasteiger partial charge in [-0.15, -0.1) is 0 Å². The minimum Gasteiger partial charge on any atom is -0.442 e. The van der Waals surface area contributed by atoms with Crippen LogP contribution in [0.25, 0.3) is 11.0 Å². The number of benzene rings is 1. The van der Waals surface area contributed by atoms with Crippen LogP contribution in [0.2, 0.25) is 0 Å². The maximum atomic E-state index is 12.7. The molecule has 2 rings (SSSR count). The molecule has 0 saturated heterocycles. The Bertz CT molecular complexity index is 586. The number of furan rings is 1. The van der Waals surface area contributed by atoms with E-state index in [4.69, 9.17) is 0 Å². The van der Waals surface area contributed by atoms with E-state index in [2.05, 4.69) is 4.42 Å². The fourth-order valence-corrected chi connectivity index (χ4v) is 1.57. The lowest BCUT2D eigenvalue weighted by molar-refractivity contribution is 0.460. The van der Waals surface area contributed by atoms with E-state index in [1.54, 1.807) is 0 Å². The predicted molar refractivity (Wildman–Crippen MR) is 44.5 cm³/mol. The number of fused-ring (bicyclic) bond motifs is 1. The summed E-state index contributed by atoms with van der Waals surface area (Å²) < 4.78 is 50.6. The van der Waals surface area contributed by atoms with Crippen LogP contribution in [0.5, 0.6) is 0 Å². The summed E-state index contributed by atoms with van der Waals surface area (Å²) in [5, 5.41) is -0.598. The lowest BCUT2D eigenvalue weighted by atomic mass is 10.2. The van der Waals surface area contributed by atoms with Gasteiger partial charge in [0.2, 0.25) is 0 Å². The molecule has 0 aliphatic heterocycles. The van der Waals surface area contributed by atoms with Crippen LogP contribution in [0.15, 0.2) is 33.8 Å². The number of rotatable bonds is 1. The van der Waals surface area contributed by atoms with Gasteiger partial charge < -0.3 is 4.42 Å². The molecule has 1 aromatic heterocycles. The first-order valence-corrected chi connectivity index (χ1v) is 4.99. The van der Waals surface area contributed by atoms with Gasteiger partial charge in [-0.25, -0.2) is 4.39 Å². The molecule has 14 heavy (non-hydrogen) atoms. The van der Waals surface area contributed by atoms with Gasteiger partial charge in [-0.3, -0.25) is 0 Å². The summed E-state index contributed by atoms with van der Waals surface area (Å²) in [4.78, 5) is 0. The third-order valence-electron chi connectivity index (χ3n) is 1.70. The smallest absolute Gasteiger partial charge is 0.365 e. The molecule has 0 bridgehead atoms. The van der Waals surface area contributed by atoms with Crippen molar-refractivity contribution in [1.29, 1.82) is 0 Å². The number of hydrogen-bond acceptors (Lipinski definition) is 3. The second kappa shape index (κ2) is 2.78. The van der Waals surface area contributed by atoms with E-state index in [1.807, 2.05) is 0 Å². The predicted octanol–water partition coefficient (Wildman–Crippen LogP) is 2.23. The highest BCUT2D eigenvalue weighted by molar-refractivity contribution is 7.86. The van der Waals surface area contributed by atoms with E-state index in [0.717, 1.165) is 18.2 Å². The molecule has 1 aromatic carbocycles. The maximum absolute atomic E-state index is 12.7. The molecule has 0 unspecified atom stereocenters. The lowest BCUT2D eigenvalue weighted by Gasteiger charge is -1.86. The van der Waals surface area contributed by atoms with Gasteiger partial charge in [-0.05, 0) is 18.2 Å². The Labute approximate surface area is 78.2 Å². The van der Waals surface area contributed by atoms with Gasteiger partial charge in [-0.2, -0.15) is 8.42 Å². The monoisotopic (exact) mass is 218 g/mol. The molecular formula is C8H4F2O3S. The summed E-state index contributed by atoms with van der Waals surface area (Å²) in [5.41, 5.74) is 0.127. The normalized spacial score (nSPS) is 12.1. The van der Waals surface area contributed by atoms with Crippen molar-refractivity contribution >= 4 is 21.2 Å². The summed E-state index contributed by atoms with van der Waals surface area (Å²) in [6, 6.07) is 4.33. The Morgan fingerprint density at radius 1 is 1.21 bits per heavy atom. The Kier molecular flexibility index (Phi) is 1.81. The van der Waals surface area contributed by atoms with Crippen molar-refractivity contribution < 1.29 is 21.1 Å². The van der Waals surface area contributed by atoms with Gasteiger partial charge in [0, 0.05) is 11.5 Å². The van der Waals surface area contributed by atoms with Crippen LogP contribution in [0.3, 0.4) is 0 Å². The quantitative estimate of drug-likeness (QED) is 0.689. The van der Waals surface area contributed by atoms with Gasteiger partial charge in [0.15, 0.2) is 0 Å². The minimum absolute atomic E-state index is 0.127. The topological polar surface area (TPSA) is 47.3 Å². The van der Waals surface area contributed by atoms with E-state index in [-0.39, 0.29) is 11.0 Å². The fourth-order valence-electron chi connectivity index (χ4n) is 1.11. The Balaban J connectivity index is 2.75. The molecular weight excluding hydrogens is 214 g/mol. The molecule has 0 N–H and O–H groups in total. The van der Waals surface area contributed by atoms with E-state index < -0.39 is 21.1 Å². The van der Waals surface area contributed by atoms with Gasteiger partial charge in [-0.1, -0.05) is 3.89 Å².